The molecule has 2 N–H and O–H groups in total. The maximum Gasteiger partial charge on any atom is 0.196 e. The number of sulfone groups is 1. The first-order chi connectivity index (χ1) is 7.40. The Morgan fingerprint density at radius 2 is 2.00 bits per heavy atom. The average Bonchev–Trinajstić information content (AvgIpc) is 2.98. The second-order valence-corrected chi connectivity index (χ2v) is 6.49. The van der Waals surface area contributed by atoms with E-state index in [9.17, 15) is 8.42 Å². The molecule has 2 rings (SSSR count). The van der Waals surface area contributed by atoms with E-state index >= 15 is 0 Å². The van der Waals surface area contributed by atoms with Crippen LogP contribution in [0.1, 0.15) is 18.4 Å². The summed E-state index contributed by atoms with van der Waals surface area (Å²) in [7, 11) is -1.83. The number of rotatable bonds is 3. The van der Waals surface area contributed by atoms with E-state index in [2.05, 4.69) is 0 Å². The predicted octanol–water partition coefficient (Wildman–Crippen LogP) is 1.23. The number of hydrogen-bond donors (Lipinski definition) is 1. The van der Waals surface area contributed by atoms with Gasteiger partial charge in [-0.2, -0.15) is 0 Å². The lowest BCUT2D eigenvalue weighted by molar-refractivity contribution is 0.411. The highest BCUT2D eigenvalue weighted by Gasteiger charge is 2.51. The quantitative estimate of drug-likeness (QED) is 0.864. The van der Waals surface area contributed by atoms with Gasteiger partial charge in [-0.1, -0.05) is 0 Å². The van der Waals surface area contributed by atoms with Gasteiger partial charge in [0.2, 0.25) is 0 Å². The van der Waals surface area contributed by atoms with Crippen molar-refractivity contribution in [2.75, 3.05) is 7.11 Å². The first-order valence-corrected chi connectivity index (χ1v) is 6.57. The molecule has 1 saturated carbocycles. The van der Waals surface area contributed by atoms with E-state index in [-0.39, 0.29) is 4.90 Å². The summed E-state index contributed by atoms with van der Waals surface area (Å²) in [4.78, 5) is -0.751. The maximum absolute atomic E-state index is 12.1. The Morgan fingerprint density at radius 1 is 1.38 bits per heavy atom. The Balaban J connectivity index is 2.46. The Labute approximate surface area is 95.3 Å². The Morgan fingerprint density at radius 3 is 2.44 bits per heavy atom. The van der Waals surface area contributed by atoms with Crippen LogP contribution in [0, 0.1) is 6.92 Å². The molecule has 0 heterocycles. The molecule has 0 saturated heterocycles. The molecule has 0 spiro atoms. The van der Waals surface area contributed by atoms with Gasteiger partial charge in [-0.05, 0) is 43.5 Å². The molecule has 1 aliphatic rings. The van der Waals surface area contributed by atoms with Crippen LogP contribution in [0.3, 0.4) is 0 Å². The number of aryl methyl sites for hydroxylation is 1. The summed E-state index contributed by atoms with van der Waals surface area (Å²) >= 11 is 0. The van der Waals surface area contributed by atoms with E-state index < -0.39 is 14.7 Å². The highest BCUT2D eigenvalue weighted by Crippen LogP contribution is 2.42. The van der Waals surface area contributed by atoms with Gasteiger partial charge in [-0.3, -0.25) is 0 Å². The van der Waals surface area contributed by atoms with Crippen molar-refractivity contribution in [3.05, 3.63) is 23.8 Å². The van der Waals surface area contributed by atoms with Crippen LogP contribution in [0.5, 0.6) is 5.75 Å². The third-order valence-electron chi connectivity index (χ3n) is 2.95. The van der Waals surface area contributed by atoms with Crippen LogP contribution in [-0.2, 0) is 9.84 Å². The number of benzene rings is 1. The highest BCUT2D eigenvalue weighted by atomic mass is 32.2. The van der Waals surface area contributed by atoms with Crippen molar-refractivity contribution in [1.82, 2.24) is 0 Å². The second kappa shape index (κ2) is 3.46. The van der Waals surface area contributed by atoms with Crippen molar-refractivity contribution >= 4 is 9.84 Å². The van der Waals surface area contributed by atoms with E-state index in [1.54, 1.807) is 25.3 Å². The molecule has 88 valence electrons. The van der Waals surface area contributed by atoms with E-state index in [1.807, 2.05) is 6.92 Å². The standard InChI is InChI=1S/C11H15NO3S/c1-8-7-9(3-4-10(8)15-2)16(13,14)11(12)5-6-11/h3-4,7H,5-6,12H2,1-2H3. The first kappa shape index (κ1) is 11.4. The predicted molar refractivity (Wildman–Crippen MR) is 61.1 cm³/mol. The van der Waals surface area contributed by atoms with Gasteiger partial charge in [-0.15, -0.1) is 0 Å². The molecule has 0 aliphatic heterocycles. The van der Waals surface area contributed by atoms with Gasteiger partial charge in [0.1, 0.15) is 10.6 Å². The van der Waals surface area contributed by atoms with Crippen LogP contribution in [0.2, 0.25) is 0 Å². The van der Waals surface area contributed by atoms with Crippen LogP contribution in [0.25, 0.3) is 0 Å². The molecule has 0 bridgehead atoms. The largest absolute Gasteiger partial charge is 0.496 e. The number of methoxy groups -OCH3 is 1. The van der Waals surface area contributed by atoms with Gasteiger partial charge in [0, 0.05) is 0 Å². The highest BCUT2D eigenvalue weighted by molar-refractivity contribution is 7.93. The van der Waals surface area contributed by atoms with E-state index in [0.717, 1.165) is 5.56 Å². The lowest BCUT2D eigenvalue weighted by atomic mass is 10.2. The van der Waals surface area contributed by atoms with Crippen LogP contribution in [-0.4, -0.2) is 20.4 Å². The van der Waals surface area contributed by atoms with Crippen LogP contribution < -0.4 is 10.5 Å². The van der Waals surface area contributed by atoms with Crippen molar-refractivity contribution < 1.29 is 13.2 Å². The fraction of sp³-hybridized carbons (Fsp3) is 0.455. The minimum atomic E-state index is -3.39. The normalized spacial score (nSPS) is 18.2. The van der Waals surface area contributed by atoms with E-state index in [0.29, 0.717) is 18.6 Å². The number of hydrogen-bond acceptors (Lipinski definition) is 4. The first-order valence-electron chi connectivity index (χ1n) is 5.09. The molecule has 1 aliphatic carbocycles. The smallest absolute Gasteiger partial charge is 0.196 e. The zero-order valence-electron chi connectivity index (χ0n) is 9.36. The summed E-state index contributed by atoms with van der Waals surface area (Å²) in [6, 6.07) is 4.82. The fourth-order valence-corrected chi connectivity index (χ4v) is 3.33. The third kappa shape index (κ3) is 1.60. The van der Waals surface area contributed by atoms with Crippen molar-refractivity contribution in [2.45, 2.75) is 29.5 Å². The Bertz CT molecular complexity index is 518. The molecule has 16 heavy (non-hydrogen) atoms. The van der Waals surface area contributed by atoms with E-state index in [1.165, 1.54) is 0 Å². The molecule has 0 aromatic heterocycles. The number of nitrogens with two attached hydrogens (primary N) is 1. The Hall–Kier alpha value is -1.07. The molecule has 0 unspecified atom stereocenters. The molecule has 5 heteroatoms. The third-order valence-corrected chi connectivity index (χ3v) is 5.31. The minimum absolute atomic E-state index is 0.283. The van der Waals surface area contributed by atoms with Gasteiger partial charge in [0.05, 0.1) is 12.0 Å². The lowest BCUT2D eigenvalue weighted by Gasteiger charge is -2.12. The SMILES string of the molecule is COc1ccc(S(=O)(=O)C2(N)CC2)cc1C. The summed E-state index contributed by atoms with van der Waals surface area (Å²) < 4.78 is 29.3. The van der Waals surface area contributed by atoms with Crippen molar-refractivity contribution in [3.63, 3.8) is 0 Å². The zero-order valence-corrected chi connectivity index (χ0v) is 10.2. The van der Waals surface area contributed by atoms with Gasteiger partial charge >= 0.3 is 0 Å². The fourth-order valence-electron chi connectivity index (χ4n) is 1.64. The minimum Gasteiger partial charge on any atom is -0.496 e. The van der Waals surface area contributed by atoms with Gasteiger partial charge in [0.25, 0.3) is 0 Å². The molecule has 0 amide bonds. The van der Waals surface area contributed by atoms with Gasteiger partial charge in [0.15, 0.2) is 9.84 Å². The van der Waals surface area contributed by atoms with Crippen molar-refractivity contribution in [1.29, 1.82) is 0 Å². The summed E-state index contributed by atoms with van der Waals surface area (Å²) in [6.45, 7) is 1.81. The molecule has 1 aromatic rings. The van der Waals surface area contributed by atoms with Crippen LogP contribution >= 0.6 is 0 Å². The number of ether oxygens (including phenoxy) is 1. The summed E-state index contributed by atoms with van der Waals surface area (Å²) in [5.74, 6) is 0.681. The monoisotopic (exact) mass is 241 g/mol. The average molecular weight is 241 g/mol. The lowest BCUT2D eigenvalue weighted by Crippen LogP contribution is -2.32. The Kier molecular flexibility index (Phi) is 2.47. The molecule has 1 aromatic carbocycles. The van der Waals surface area contributed by atoms with Gasteiger partial charge in [-0.25, -0.2) is 8.42 Å². The second-order valence-electron chi connectivity index (χ2n) is 4.20. The molecule has 0 atom stereocenters. The molecule has 0 radical (unpaired) electrons. The molecular formula is C11H15NO3S. The van der Waals surface area contributed by atoms with Gasteiger partial charge < -0.3 is 10.5 Å². The summed E-state index contributed by atoms with van der Waals surface area (Å²) in [5, 5.41) is 0. The van der Waals surface area contributed by atoms with Crippen LogP contribution in [0.15, 0.2) is 23.1 Å². The maximum atomic E-state index is 12.1. The topological polar surface area (TPSA) is 69.4 Å². The zero-order chi connectivity index (χ0) is 12.0. The van der Waals surface area contributed by atoms with Crippen LogP contribution in [0.4, 0.5) is 0 Å². The molecule has 4 nitrogen and oxygen atoms in total. The molecular weight excluding hydrogens is 226 g/mol. The summed E-state index contributed by atoms with van der Waals surface area (Å²) in [6.07, 6.45) is 1.08. The summed E-state index contributed by atoms with van der Waals surface area (Å²) in [5.41, 5.74) is 6.56. The molecule has 1 fully saturated rings. The van der Waals surface area contributed by atoms with Crippen molar-refractivity contribution in [2.24, 2.45) is 5.73 Å². The van der Waals surface area contributed by atoms with E-state index in [4.69, 9.17) is 10.5 Å². The van der Waals surface area contributed by atoms with Crippen molar-refractivity contribution in [3.8, 4) is 5.75 Å².